The van der Waals surface area contributed by atoms with E-state index in [1.165, 1.54) is 18.4 Å². The number of piperidine rings is 1. The van der Waals surface area contributed by atoms with Crippen LogP contribution in [0, 0.1) is 11.7 Å². The highest BCUT2D eigenvalue weighted by molar-refractivity contribution is 5.92. The lowest BCUT2D eigenvalue weighted by atomic mass is 9.97. The average Bonchev–Trinajstić information content (AvgIpc) is 3.22. The summed E-state index contributed by atoms with van der Waals surface area (Å²) >= 11 is 0. The number of aromatic nitrogens is 3. The molecule has 8 heteroatoms. The number of hydrogen-bond acceptors (Lipinski definition) is 6. The molecule has 1 aromatic carbocycles. The largest absolute Gasteiger partial charge is 0.363 e. The van der Waals surface area contributed by atoms with Gasteiger partial charge in [0, 0.05) is 24.7 Å². The number of carbonyl (C=O) groups excluding carboxylic acids is 1. The van der Waals surface area contributed by atoms with Crippen molar-refractivity contribution in [3.63, 3.8) is 0 Å². The summed E-state index contributed by atoms with van der Waals surface area (Å²) in [6, 6.07) is 11.5. The second-order valence-electron chi connectivity index (χ2n) is 6.44. The number of benzene rings is 1. The van der Waals surface area contributed by atoms with E-state index in [1.807, 2.05) is 12.1 Å². The van der Waals surface area contributed by atoms with Crippen LogP contribution < -0.4 is 10.2 Å². The van der Waals surface area contributed by atoms with E-state index in [2.05, 4.69) is 25.6 Å². The summed E-state index contributed by atoms with van der Waals surface area (Å²) in [4.78, 5) is 14.5. The summed E-state index contributed by atoms with van der Waals surface area (Å²) in [5, 5.41) is 15.0. The van der Waals surface area contributed by atoms with Gasteiger partial charge in [-0.2, -0.15) is 0 Å². The van der Waals surface area contributed by atoms with Gasteiger partial charge in [-0.1, -0.05) is 5.16 Å². The van der Waals surface area contributed by atoms with Crippen molar-refractivity contribution in [2.24, 2.45) is 5.92 Å². The monoisotopic (exact) mass is 367 g/mol. The quantitative estimate of drug-likeness (QED) is 0.763. The average molecular weight is 367 g/mol. The number of halogens is 1. The maximum atomic E-state index is 13.0. The Morgan fingerprint density at radius 1 is 1.15 bits per heavy atom. The lowest BCUT2D eigenvalue weighted by Crippen LogP contribution is -2.41. The second kappa shape index (κ2) is 7.53. The first-order chi connectivity index (χ1) is 13.2. The lowest BCUT2D eigenvalue weighted by Gasteiger charge is -2.32. The molecule has 1 saturated heterocycles. The number of carbonyl (C=O) groups is 1. The first-order valence-electron chi connectivity index (χ1n) is 8.75. The minimum Gasteiger partial charge on any atom is -0.363 e. The Hall–Kier alpha value is -3.29. The van der Waals surface area contributed by atoms with Crippen molar-refractivity contribution < 1.29 is 13.7 Å². The van der Waals surface area contributed by atoms with Crippen LogP contribution in [0.4, 0.5) is 16.0 Å². The van der Waals surface area contributed by atoms with Crippen LogP contribution in [0.3, 0.4) is 0 Å². The van der Waals surface area contributed by atoms with Crippen molar-refractivity contribution in [2.75, 3.05) is 23.3 Å². The molecule has 0 saturated carbocycles. The number of amides is 1. The number of rotatable bonds is 4. The fourth-order valence-electron chi connectivity index (χ4n) is 3.17. The van der Waals surface area contributed by atoms with Gasteiger partial charge < -0.3 is 14.7 Å². The maximum absolute atomic E-state index is 13.0. The number of hydrogen-bond donors (Lipinski definition) is 1. The van der Waals surface area contributed by atoms with Crippen LogP contribution in [0.25, 0.3) is 11.3 Å². The molecule has 0 bridgehead atoms. The van der Waals surface area contributed by atoms with Crippen LogP contribution in [-0.2, 0) is 4.79 Å². The Balaban J connectivity index is 1.43. The van der Waals surface area contributed by atoms with E-state index < -0.39 is 0 Å². The number of anilines is 2. The van der Waals surface area contributed by atoms with Crippen molar-refractivity contribution in [1.29, 1.82) is 0 Å². The highest BCUT2D eigenvalue weighted by atomic mass is 19.1. The molecule has 138 valence electrons. The Bertz CT molecular complexity index is 897. The van der Waals surface area contributed by atoms with Gasteiger partial charge in [-0.3, -0.25) is 4.79 Å². The topological polar surface area (TPSA) is 84.2 Å². The Morgan fingerprint density at radius 2 is 2.00 bits per heavy atom. The fourth-order valence-corrected chi connectivity index (χ4v) is 3.17. The fraction of sp³-hybridized carbons (Fsp3) is 0.263. The molecule has 0 aliphatic carbocycles. The summed E-state index contributed by atoms with van der Waals surface area (Å²) in [6.07, 6.45) is 3.11. The van der Waals surface area contributed by atoms with Crippen molar-refractivity contribution in [1.82, 2.24) is 15.4 Å². The van der Waals surface area contributed by atoms with Crippen LogP contribution in [0.2, 0.25) is 0 Å². The summed E-state index contributed by atoms with van der Waals surface area (Å²) in [5.74, 6) is 0.616. The molecule has 0 radical (unpaired) electrons. The zero-order valence-corrected chi connectivity index (χ0v) is 14.5. The molecule has 0 spiro atoms. The van der Waals surface area contributed by atoms with Crippen molar-refractivity contribution in [2.45, 2.75) is 12.8 Å². The molecular formula is C19H18FN5O2. The molecule has 1 aliphatic rings. The molecule has 3 aromatic rings. The van der Waals surface area contributed by atoms with Crippen LogP contribution in [0.15, 0.2) is 53.3 Å². The third-order valence-electron chi connectivity index (χ3n) is 4.60. The van der Waals surface area contributed by atoms with E-state index in [0.717, 1.165) is 30.8 Å². The third kappa shape index (κ3) is 3.94. The second-order valence-corrected chi connectivity index (χ2v) is 6.44. The zero-order valence-electron chi connectivity index (χ0n) is 14.5. The van der Waals surface area contributed by atoms with Gasteiger partial charge in [0.25, 0.3) is 0 Å². The highest BCUT2D eigenvalue weighted by Crippen LogP contribution is 2.24. The minimum atomic E-state index is -0.286. The van der Waals surface area contributed by atoms with Gasteiger partial charge in [0.05, 0.1) is 11.6 Å². The van der Waals surface area contributed by atoms with E-state index in [4.69, 9.17) is 4.52 Å². The van der Waals surface area contributed by atoms with Gasteiger partial charge in [-0.25, -0.2) is 4.39 Å². The highest BCUT2D eigenvalue weighted by Gasteiger charge is 2.27. The maximum Gasteiger partial charge on any atom is 0.230 e. The number of nitrogens with one attached hydrogen (secondary N) is 1. The van der Waals surface area contributed by atoms with Crippen molar-refractivity contribution >= 4 is 17.5 Å². The first kappa shape index (κ1) is 17.1. The Kier molecular flexibility index (Phi) is 4.78. The molecule has 7 nitrogen and oxygen atoms in total. The van der Waals surface area contributed by atoms with E-state index >= 15 is 0 Å². The van der Waals surface area contributed by atoms with E-state index in [9.17, 15) is 9.18 Å². The molecule has 1 atom stereocenters. The molecule has 4 rings (SSSR count). The van der Waals surface area contributed by atoms with Gasteiger partial charge in [-0.15, -0.1) is 10.2 Å². The molecular weight excluding hydrogens is 349 g/mol. The summed E-state index contributed by atoms with van der Waals surface area (Å²) in [5.41, 5.74) is 1.48. The molecule has 3 heterocycles. The lowest BCUT2D eigenvalue weighted by molar-refractivity contribution is -0.120. The van der Waals surface area contributed by atoms with Gasteiger partial charge in [0.15, 0.2) is 11.6 Å². The molecule has 27 heavy (non-hydrogen) atoms. The number of nitrogens with zero attached hydrogens (tertiary/aromatic N) is 4. The predicted octanol–water partition coefficient (Wildman–Crippen LogP) is 3.13. The standard InChI is InChI=1S/C19H18FN5O2/c20-15-5-3-13(4-6-15)16-7-8-18(23-22-16)25-10-1-2-14(12-25)19(26)21-17-9-11-27-24-17/h3-9,11,14H,1-2,10,12H2,(H,21,24,26). The molecule has 1 aliphatic heterocycles. The predicted molar refractivity (Wildman–Crippen MR) is 97.5 cm³/mol. The van der Waals surface area contributed by atoms with E-state index in [-0.39, 0.29) is 17.6 Å². The third-order valence-corrected chi connectivity index (χ3v) is 4.60. The molecule has 2 aromatic heterocycles. The van der Waals surface area contributed by atoms with Gasteiger partial charge >= 0.3 is 0 Å². The van der Waals surface area contributed by atoms with Crippen molar-refractivity contribution in [3.05, 3.63) is 54.5 Å². The van der Waals surface area contributed by atoms with Crippen LogP contribution in [0.5, 0.6) is 0 Å². The van der Waals surface area contributed by atoms with E-state index in [0.29, 0.717) is 18.1 Å². The summed E-state index contributed by atoms with van der Waals surface area (Å²) in [7, 11) is 0. The van der Waals surface area contributed by atoms with Crippen LogP contribution in [0.1, 0.15) is 12.8 Å². The van der Waals surface area contributed by atoms with Crippen LogP contribution in [-0.4, -0.2) is 34.4 Å². The van der Waals surface area contributed by atoms with Crippen molar-refractivity contribution in [3.8, 4) is 11.3 Å². The van der Waals surface area contributed by atoms with Gasteiger partial charge in [0.2, 0.25) is 5.91 Å². The normalized spacial score (nSPS) is 16.9. The first-order valence-corrected chi connectivity index (χ1v) is 8.75. The summed E-state index contributed by atoms with van der Waals surface area (Å²) < 4.78 is 17.8. The van der Waals surface area contributed by atoms with E-state index in [1.54, 1.807) is 18.2 Å². The smallest absolute Gasteiger partial charge is 0.230 e. The molecule has 1 amide bonds. The molecule has 1 unspecified atom stereocenters. The summed E-state index contributed by atoms with van der Waals surface area (Å²) in [6.45, 7) is 1.38. The minimum absolute atomic E-state index is 0.0792. The van der Waals surface area contributed by atoms with Gasteiger partial charge in [0.1, 0.15) is 12.1 Å². The van der Waals surface area contributed by atoms with Gasteiger partial charge in [-0.05, 0) is 49.2 Å². The Morgan fingerprint density at radius 3 is 2.70 bits per heavy atom. The SMILES string of the molecule is O=C(Nc1ccon1)C1CCCN(c2ccc(-c3ccc(F)cc3)nn2)C1. The Labute approximate surface area is 155 Å². The molecule has 1 fully saturated rings. The zero-order chi connectivity index (χ0) is 18.6. The molecule has 1 N–H and O–H groups in total. The van der Waals surface area contributed by atoms with Crippen LogP contribution >= 0.6 is 0 Å².